The first-order valence-corrected chi connectivity index (χ1v) is 7.53. The summed E-state index contributed by atoms with van der Waals surface area (Å²) in [5.41, 5.74) is 1.15. The van der Waals surface area contributed by atoms with E-state index in [1.54, 1.807) is 0 Å². The monoisotopic (exact) mass is 267 g/mol. The number of fused-ring (bicyclic) bond motifs is 1. The summed E-state index contributed by atoms with van der Waals surface area (Å²) in [4.78, 5) is 9.12. The van der Waals surface area contributed by atoms with Gasteiger partial charge in [0.1, 0.15) is 0 Å². The molecule has 1 aromatic heterocycles. The highest BCUT2D eigenvalue weighted by molar-refractivity contribution is 7.99. The number of imidazole rings is 1. The van der Waals surface area contributed by atoms with Gasteiger partial charge in [0.05, 0.1) is 5.69 Å². The van der Waals surface area contributed by atoms with Gasteiger partial charge in [-0.2, -0.15) is 0 Å². The largest absolute Gasteiger partial charge is 0.357 e. The van der Waals surface area contributed by atoms with Crippen molar-refractivity contribution < 1.29 is 0 Å². The van der Waals surface area contributed by atoms with Crippen LogP contribution in [0.3, 0.4) is 0 Å². The second-order valence-corrected chi connectivity index (χ2v) is 5.16. The fourth-order valence-electron chi connectivity index (χ4n) is 1.87. The minimum absolute atomic E-state index is 0.774. The average Bonchev–Trinajstić information content (AvgIpc) is 2.90. The van der Waals surface area contributed by atoms with Crippen molar-refractivity contribution in [3.63, 3.8) is 0 Å². The topological polar surface area (TPSA) is 54.2 Å². The number of nitrogens with one attached hydrogen (secondary N) is 2. The fourth-order valence-corrected chi connectivity index (χ4v) is 2.84. The van der Waals surface area contributed by atoms with Crippen molar-refractivity contribution in [2.45, 2.75) is 32.0 Å². The summed E-state index contributed by atoms with van der Waals surface area (Å²) in [6, 6.07) is 0. The second-order valence-electron chi connectivity index (χ2n) is 4.10. The van der Waals surface area contributed by atoms with Crippen LogP contribution in [0.15, 0.2) is 16.3 Å². The first-order chi connectivity index (χ1) is 8.83. The molecule has 0 aliphatic carbocycles. The second kappa shape index (κ2) is 6.68. The molecule has 2 N–H and O–H groups in total. The van der Waals surface area contributed by atoms with Gasteiger partial charge in [0.2, 0.25) is 0 Å². The van der Waals surface area contributed by atoms with Gasteiger partial charge in [-0.05, 0) is 13.8 Å². The molecule has 5 nitrogen and oxygen atoms in total. The van der Waals surface area contributed by atoms with Gasteiger partial charge in [-0.1, -0.05) is 11.8 Å². The summed E-state index contributed by atoms with van der Waals surface area (Å²) in [5, 5.41) is 7.60. The molecular weight excluding hydrogens is 246 g/mol. The maximum Gasteiger partial charge on any atom is 0.191 e. The third-order valence-electron chi connectivity index (χ3n) is 2.68. The maximum atomic E-state index is 4.60. The number of hydrogen-bond acceptors (Lipinski definition) is 3. The van der Waals surface area contributed by atoms with Crippen LogP contribution in [0.1, 0.15) is 19.5 Å². The average molecular weight is 267 g/mol. The number of guanidine groups is 1. The Morgan fingerprint density at radius 3 is 2.89 bits per heavy atom. The van der Waals surface area contributed by atoms with Gasteiger partial charge in [0.25, 0.3) is 0 Å². The number of thioether (sulfide) groups is 1. The highest BCUT2D eigenvalue weighted by atomic mass is 32.2. The van der Waals surface area contributed by atoms with E-state index >= 15 is 0 Å². The first-order valence-electron chi connectivity index (χ1n) is 6.54. The molecule has 0 radical (unpaired) electrons. The van der Waals surface area contributed by atoms with Crippen LogP contribution in [0.2, 0.25) is 0 Å². The summed E-state index contributed by atoms with van der Waals surface area (Å²) < 4.78 is 2.24. The lowest BCUT2D eigenvalue weighted by Gasteiger charge is -2.08. The molecule has 1 aliphatic rings. The molecule has 2 rings (SSSR count). The smallest absolute Gasteiger partial charge is 0.191 e. The summed E-state index contributed by atoms with van der Waals surface area (Å²) in [7, 11) is 0. The third kappa shape index (κ3) is 3.41. The maximum absolute atomic E-state index is 4.60. The lowest BCUT2D eigenvalue weighted by molar-refractivity contribution is 0.719. The van der Waals surface area contributed by atoms with Gasteiger partial charge in [-0.25, -0.2) is 4.98 Å². The van der Waals surface area contributed by atoms with E-state index in [-0.39, 0.29) is 0 Å². The van der Waals surface area contributed by atoms with Crippen molar-refractivity contribution in [3.8, 4) is 0 Å². The molecule has 6 heteroatoms. The molecule has 0 atom stereocenters. The normalized spacial score (nSPS) is 13.2. The van der Waals surface area contributed by atoms with Gasteiger partial charge in [-0.3, -0.25) is 4.99 Å². The van der Waals surface area contributed by atoms with Crippen molar-refractivity contribution >= 4 is 17.7 Å². The van der Waals surface area contributed by atoms with Crippen molar-refractivity contribution in [1.29, 1.82) is 0 Å². The molecule has 2 heterocycles. The predicted octanol–water partition coefficient (Wildman–Crippen LogP) is 1.11. The number of rotatable bonds is 5. The molecule has 0 saturated heterocycles. The van der Waals surface area contributed by atoms with Gasteiger partial charge < -0.3 is 15.2 Å². The molecule has 1 aliphatic heterocycles. The van der Waals surface area contributed by atoms with Gasteiger partial charge in [0, 0.05) is 44.5 Å². The van der Waals surface area contributed by atoms with Crippen LogP contribution < -0.4 is 10.6 Å². The lowest BCUT2D eigenvalue weighted by Crippen LogP contribution is -2.37. The van der Waals surface area contributed by atoms with E-state index in [9.17, 15) is 0 Å². The number of aliphatic imine (C=N–C) groups is 1. The molecule has 1 aromatic rings. The van der Waals surface area contributed by atoms with E-state index in [4.69, 9.17) is 0 Å². The Morgan fingerprint density at radius 2 is 2.22 bits per heavy atom. The van der Waals surface area contributed by atoms with Crippen molar-refractivity contribution in [1.82, 2.24) is 20.2 Å². The Kier molecular flexibility index (Phi) is 4.92. The number of nitrogens with zero attached hydrogens (tertiary/aromatic N) is 3. The van der Waals surface area contributed by atoms with E-state index in [1.807, 2.05) is 11.8 Å². The molecule has 0 amide bonds. The van der Waals surface area contributed by atoms with E-state index in [1.165, 1.54) is 0 Å². The van der Waals surface area contributed by atoms with E-state index < -0.39 is 0 Å². The van der Waals surface area contributed by atoms with Crippen LogP contribution >= 0.6 is 11.8 Å². The summed E-state index contributed by atoms with van der Waals surface area (Å²) >= 11 is 1.84. The van der Waals surface area contributed by atoms with Gasteiger partial charge in [-0.15, -0.1) is 0 Å². The van der Waals surface area contributed by atoms with Crippen molar-refractivity contribution in [3.05, 3.63) is 11.9 Å². The highest BCUT2D eigenvalue weighted by Crippen LogP contribution is 2.24. The first kappa shape index (κ1) is 13.3. The van der Waals surface area contributed by atoms with Crippen molar-refractivity contribution in [2.75, 3.05) is 25.4 Å². The zero-order chi connectivity index (χ0) is 12.8. The zero-order valence-electron chi connectivity index (χ0n) is 11.1. The predicted molar refractivity (Wildman–Crippen MR) is 76.3 cm³/mol. The number of aryl methyl sites for hydroxylation is 1. The van der Waals surface area contributed by atoms with Crippen LogP contribution in [0.25, 0.3) is 0 Å². The molecule has 100 valence electrons. The standard InChI is InChI=1S/C12H21N5S/c1-3-13-11(14-4-2)15-6-5-10-9-17-7-8-18-12(17)16-10/h9H,3-8H2,1-2H3,(H2,13,14,15). The Bertz CT molecular complexity index is 383. The van der Waals surface area contributed by atoms with Crippen LogP contribution in [0, 0.1) is 0 Å². The summed E-state index contributed by atoms with van der Waals surface area (Å²) in [5.74, 6) is 2.05. The fraction of sp³-hybridized carbons (Fsp3) is 0.667. The molecular formula is C12H21N5S. The van der Waals surface area contributed by atoms with Crippen LogP contribution in [0.5, 0.6) is 0 Å². The SMILES string of the molecule is CCNC(=NCCc1cn2c(n1)SCC2)NCC. The van der Waals surface area contributed by atoms with Crippen LogP contribution in [0.4, 0.5) is 0 Å². The van der Waals surface area contributed by atoms with E-state index in [0.29, 0.717) is 0 Å². The van der Waals surface area contributed by atoms with Crippen molar-refractivity contribution in [2.24, 2.45) is 4.99 Å². The Balaban J connectivity index is 1.84. The minimum Gasteiger partial charge on any atom is -0.357 e. The molecule has 0 spiro atoms. The Morgan fingerprint density at radius 1 is 1.44 bits per heavy atom. The number of hydrogen-bond donors (Lipinski definition) is 2. The molecule has 0 aromatic carbocycles. The third-order valence-corrected chi connectivity index (χ3v) is 3.65. The molecule has 18 heavy (non-hydrogen) atoms. The Hall–Kier alpha value is -1.17. The van der Waals surface area contributed by atoms with Crippen LogP contribution in [-0.2, 0) is 13.0 Å². The molecule has 0 unspecified atom stereocenters. The zero-order valence-corrected chi connectivity index (χ0v) is 11.9. The highest BCUT2D eigenvalue weighted by Gasteiger charge is 2.13. The Labute approximate surface area is 112 Å². The van der Waals surface area contributed by atoms with Crippen LogP contribution in [-0.4, -0.2) is 40.9 Å². The molecule has 0 fully saturated rings. The number of aromatic nitrogens is 2. The summed E-state index contributed by atoms with van der Waals surface area (Å²) in [6.07, 6.45) is 3.06. The van der Waals surface area contributed by atoms with E-state index in [2.05, 4.69) is 45.2 Å². The summed E-state index contributed by atoms with van der Waals surface area (Å²) in [6.45, 7) is 7.79. The van der Waals surface area contributed by atoms with Gasteiger partial charge in [0.15, 0.2) is 11.1 Å². The van der Waals surface area contributed by atoms with Gasteiger partial charge >= 0.3 is 0 Å². The quantitative estimate of drug-likeness (QED) is 0.620. The minimum atomic E-state index is 0.774. The lowest BCUT2D eigenvalue weighted by atomic mass is 10.3. The molecule has 0 bridgehead atoms. The van der Waals surface area contributed by atoms with E-state index in [0.717, 1.165) is 55.2 Å². The molecule has 0 saturated carbocycles.